The predicted molar refractivity (Wildman–Crippen MR) is 68.5 cm³/mol. The highest BCUT2D eigenvalue weighted by Gasteiger charge is 1.99. The molecule has 0 saturated carbocycles. The van der Waals surface area contributed by atoms with Gasteiger partial charge in [0.2, 0.25) is 0 Å². The standard InChI is InChI=1S/C11H17NS.ClH/c12-11(9-13)8-4-7-10-5-2-1-3-6-10;/h1-3,5-6,11,13H,4,7-9,12H2;1H. The molecule has 0 bridgehead atoms. The summed E-state index contributed by atoms with van der Waals surface area (Å²) in [6, 6.07) is 10.8. The van der Waals surface area contributed by atoms with Crippen LogP contribution in [-0.2, 0) is 6.42 Å². The van der Waals surface area contributed by atoms with Gasteiger partial charge in [-0.1, -0.05) is 30.3 Å². The highest BCUT2D eigenvalue weighted by molar-refractivity contribution is 7.80. The molecule has 0 aliphatic carbocycles. The van der Waals surface area contributed by atoms with Gasteiger partial charge in [0.25, 0.3) is 0 Å². The van der Waals surface area contributed by atoms with Crippen LogP contribution in [0.25, 0.3) is 0 Å². The summed E-state index contributed by atoms with van der Waals surface area (Å²) in [5, 5.41) is 0. The van der Waals surface area contributed by atoms with Gasteiger partial charge in [0.05, 0.1) is 0 Å². The van der Waals surface area contributed by atoms with Crippen LogP contribution in [0.1, 0.15) is 18.4 Å². The molecule has 0 aliphatic rings. The highest BCUT2D eigenvalue weighted by atomic mass is 35.5. The van der Waals surface area contributed by atoms with Crippen molar-refractivity contribution in [2.24, 2.45) is 5.73 Å². The van der Waals surface area contributed by atoms with E-state index in [2.05, 4.69) is 36.9 Å². The third-order valence-electron chi connectivity index (χ3n) is 2.12. The SMILES string of the molecule is Cl.NC(CS)CCCc1ccccc1. The molecule has 1 aromatic rings. The average molecular weight is 232 g/mol. The van der Waals surface area contributed by atoms with Crippen LogP contribution in [0, 0.1) is 0 Å². The molecule has 80 valence electrons. The summed E-state index contributed by atoms with van der Waals surface area (Å²) in [6.45, 7) is 0. The van der Waals surface area contributed by atoms with Crippen molar-refractivity contribution in [3.05, 3.63) is 35.9 Å². The molecule has 2 N–H and O–H groups in total. The van der Waals surface area contributed by atoms with Crippen LogP contribution in [0.5, 0.6) is 0 Å². The number of thiol groups is 1. The summed E-state index contributed by atoms with van der Waals surface area (Å²) in [5.41, 5.74) is 7.16. The zero-order valence-electron chi connectivity index (χ0n) is 8.23. The summed E-state index contributed by atoms with van der Waals surface area (Å²) < 4.78 is 0. The van der Waals surface area contributed by atoms with Gasteiger partial charge in [-0.25, -0.2) is 0 Å². The van der Waals surface area contributed by atoms with E-state index in [0.717, 1.165) is 25.0 Å². The Morgan fingerprint density at radius 2 is 1.86 bits per heavy atom. The average Bonchev–Trinajstić information content (AvgIpc) is 2.19. The predicted octanol–water partition coefficient (Wildman–Crippen LogP) is 2.69. The molecule has 0 fully saturated rings. The molecule has 0 aliphatic heterocycles. The second-order valence-electron chi connectivity index (χ2n) is 3.32. The Balaban J connectivity index is 0.00000169. The molecule has 0 saturated heterocycles. The normalized spacial score (nSPS) is 11.9. The van der Waals surface area contributed by atoms with E-state index in [4.69, 9.17) is 5.73 Å². The van der Waals surface area contributed by atoms with Crippen LogP contribution in [-0.4, -0.2) is 11.8 Å². The van der Waals surface area contributed by atoms with Crippen molar-refractivity contribution in [1.82, 2.24) is 0 Å². The van der Waals surface area contributed by atoms with Gasteiger partial charge in [0, 0.05) is 11.8 Å². The molecular formula is C11H18ClNS. The van der Waals surface area contributed by atoms with Gasteiger partial charge in [-0.2, -0.15) is 12.6 Å². The Bertz CT molecular complexity index is 228. The second kappa shape index (κ2) is 8.16. The lowest BCUT2D eigenvalue weighted by Gasteiger charge is -2.07. The number of hydrogen-bond donors (Lipinski definition) is 2. The van der Waals surface area contributed by atoms with Gasteiger partial charge >= 0.3 is 0 Å². The van der Waals surface area contributed by atoms with Crippen LogP contribution in [0.3, 0.4) is 0 Å². The Kier molecular flexibility index (Phi) is 8.05. The van der Waals surface area contributed by atoms with E-state index in [1.807, 2.05) is 6.07 Å². The number of rotatable bonds is 5. The molecule has 0 amide bonds. The van der Waals surface area contributed by atoms with Crippen LogP contribution < -0.4 is 5.73 Å². The lowest BCUT2D eigenvalue weighted by molar-refractivity contribution is 0.632. The zero-order chi connectivity index (χ0) is 9.52. The Morgan fingerprint density at radius 3 is 2.43 bits per heavy atom. The lowest BCUT2D eigenvalue weighted by Crippen LogP contribution is -2.21. The van der Waals surface area contributed by atoms with Crippen LogP contribution in [0.2, 0.25) is 0 Å². The van der Waals surface area contributed by atoms with Crippen molar-refractivity contribution >= 4 is 25.0 Å². The maximum atomic E-state index is 5.76. The van der Waals surface area contributed by atoms with E-state index < -0.39 is 0 Å². The summed E-state index contributed by atoms with van der Waals surface area (Å²) >= 11 is 4.15. The number of halogens is 1. The number of benzene rings is 1. The minimum atomic E-state index is 0. The smallest absolute Gasteiger partial charge is 0.0128 e. The Morgan fingerprint density at radius 1 is 1.21 bits per heavy atom. The van der Waals surface area contributed by atoms with Gasteiger partial charge in [0.1, 0.15) is 0 Å². The fourth-order valence-corrected chi connectivity index (χ4v) is 1.49. The van der Waals surface area contributed by atoms with Crippen molar-refractivity contribution in [1.29, 1.82) is 0 Å². The molecule has 1 aromatic carbocycles. The molecule has 1 atom stereocenters. The summed E-state index contributed by atoms with van der Waals surface area (Å²) in [6.07, 6.45) is 3.35. The van der Waals surface area contributed by atoms with Gasteiger partial charge in [-0.05, 0) is 24.8 Å². The van der Waals surface area contributed by atoms with Gasteiger partial charge < -0.3 is 5.73 Å². The second-order valence-corrected chi connectivity index (χ2v) is 3.69. The maximum Gasteiger partial charge on any atom is 0.0128 e. The third kappa shape index (κ3) is 5.53. The van der Waals surface area contributed by atoms with Crippen LogP contribution in [0.4, 0.5) is 0 Å². The Labute approximate surface area is 97.9 Å². The molecule has 1 rings (SSSR count). The molecule has 3 heteroatoms. The molecule has 0 radical (unpaired) electrons. The maximum absolute atomic E-state index is 5.76. The molecule has 0 aromatic heterocycles. The fraction of sp³-hybridized carbons (Fsp3) is 0.455. The fourth-order valence-electron chi connectivity index (χ4n) is 1.30. The van der Waals surface area contributed by atoms with Gasteiger partial charge in [-0.15, -0.1) is 12.4 Å². The first kappa shape index (κ1) is 13.8. The lowest BCUT2D eigenvalue weighted by atomic mass is 10.1. The van der Waals surface area contributed by atoms with Crippen LogP contribution >= 0.6 is 25.0 Å². The van der Waals surface area contributed by atoms with E-state index in [1.54, 1.807) is 0 Å². The van der Waals surface area contributed by atoms with Crippen LogP contribution in [0.15, 0.2) is 30.3 Å². The Hall–Kier alpha value is -0.180. The van der Waals surface area contributed by atoms with E-state index >= 15 is 0 Å². The van der Waals surface area contributed by atoms with E-state index in [1.165, 1.54) is 5.56 Å². The molecule has 1 unspecified atom stereocenters. The van der Waals surface area contributed by atoms with Crippen molar-refractivity contribution in [3.8, 4) is 0 Å². The minimum absolute atomic E-state index is 0. The van der Waals surface area contributed by atoms with Crippen molar-refractivity contribution < 1.29 is 0 Å². The molecule has 0 heterocycles. The largest absolute Gasteiger partial charge is 0.327 e. The summed E-state index contributed by atoms with van der Waals surface area (Å²) in [4.78, 5) is 0. The van der Waals surface area contributed by atoms with Gasteiger partial charge in [-0.3, -0.25) is 0 Å². The van der Waals surface area contributed by atoms with E-state index in [9.17, 15) is 0 Å². The summed E-state index contributed by atoms with van der Waals surface area (Å²) in [7, 11) is 0. The number of nitrogens with two attached hydrogens (primary N) is 1. The van der Waals surface area contributed by atoms with E-state index in [0.29, 0.717) is 0 Å². The first-order valence-electron chi connectivity index (χ1n) is 4.73. The zero-order valence-corrected chi connectivity index (χ0v) is 9.94. The number of aryl methyl sites for hydroxylation is 1. The summed E-state index contributed by atoms with van der Waals surface area (Å²) in [5.74, 6) is 0.786. The molecule has 14 heavy (non-hydrogen) atoms. The third-order valence-corrected chi connectivity index (χ3v) is 2.59. The highest BCUT2D eigenvalue weighted by Crippen LogP contribution is 2.05. The first-order chi connectivity index (χ1) is 6.33. The van der Waals surface area contributed by atoms with E-state index in [-0.39, 0.29) is 18.4 Å². The molecular weight excluding hydrogens is 214 g/mol. The van der Waals surface area contributed by atoms with Crippen molar-refractivity contribution in [3.63, 3.8) is 0 Å². The van der Waals surface area contributed by atoms with Gasteiger partial charge in [0.15, 0.2) is 0 Å². The first-order valence-corrected chi connectivity index (χ1v) is 5.36. The van der Waals surface area contributed by atoms with Crippen molar-refractivity contribution in [2.45, 2.75) is 25.3 Å². The molecule has 0 spiro atoms. The quantitative estimate of drug-likeness (QED) is 0.749. The topological polar surface area (TPSA) is 26.0 Å². The monoisotopic (exact) mass is 231 g/mol. The number of hydrogen-bond acceptors (Lipinski definition) is 2. The molecule has 1 nitrogen and oxygen atoms in total. The minimum Gasteiger partial charge on any atom is -0.327 e. The van der Waals surface area contributed by atoms with Crippen molar-refractivity contribution in [2.75, 3.05) is 5.75 Å².